The first-order chi connectivity index (χ1) is 11.2. The highest BCUT2D eigenvalue weighted by Crippen LogP contribution is 2.21. The molecule has 3 rings (SSSR count). The topological polar surface area (TPSA) is 49.9 Å². The molecule has 1 aromatic rings. The van der Waals surface area contributed by atoms with Gasteiger partial charge in [-0.15, -0.1) is 0 Å². The van der Waals surface area contributed by atoms with Gasteiger partial charge in [0.25, 0.3) is 5.91 Å². The van der Waals surface area contributed by atoms with Gasteiger partial charge < -0.3 is 9.64 Å². The molecule has 0 aromatic heterocycles. The van der Waals surface area contributed by atoms with Crippen molar-refractivity contribution in [2.24, 2.45) is 0 Å². The summed E-state index contributed by atoms with van der Waals surface area (Å²) in [4.78, 5) is 28.7. The molecule has 0 spiro atoms. The van der Waals surface area contributed by atoms with Crippen LogP contribution in [0.1, 0.15) is 46.4 Å². The first kappa shape index (κ1) is 16.0. The Morgan fingerprint density at radius 3 is 2.30 bits per heavy atom. The van der Waals surface area contributed by atoms with Gasteiger partial charge in [-0.25, -0.2) is 4.79 Å². The van der Waals surface area contributed by atoms with Crippen molar-refractivity contribution in [2.45, 2.75) is 31.7 Å². The number of benzene rings is 1. The van der Waals surface area contributed by atoms with Crippen LogP contribution in [-0.4, -0.2) is 61.0 Å². The molecule has 2 aliphatic heterocycles. The lowest BCUT2D eigenvalue weighted by molar-refractivity contribution is 0.0592. The van der Waals surface area contributed by atoms with Crippen molar-refractivity contribution in [3.8, 4) is 0 Å². The van der Waals surface area contributed by atoms with E-state index in [2.05, 4.69) is 9.64 Å². The largest absolute Gasteiger partial charge is 0.465 e. The second-order valence-corrected chi connectivity index (χ2v) is 6.36. The second kappa shape index (κ2) is 7.13. The van der Waals surface area contributed by atoms with Crippen LogP contribution in [0, 0.1) is 0 Å². The number of carbonyl (C=O) groups is 2. The smallest absolute Gasteiger partial charge is 0.337 e. The van der Waals surface area contributed by atoms with E-state index in [0.717, 1.165) is 19.5 Å². The van der Waals surface area contributed by atoms with Crippen molar-refractivity contribution in [2.75, 3.05) is 33.3 Å². The lowest BCUT2D eigenvalue weighted by Gasteiger charge is -2.37. The van der Waals surface area contributed by atoms with E-state index in [-0.39, 0.29) is 11.9 Å². The van der Waals surface area contributed by atoms with Crippen LogP contribution in [0.4, 0.5) is 0 Å². The van der Waals surface area contributed by atoms with Crippen LogP contribution in [0.25, 0.3) is 0 Å². The molecule has 0 N–H and O–H groups in total. The van der Waals surface area contributed by atoms with Gasteiger partial charge in [0.2, 0.25) is 0 Å². The van der Waals surface area contributed by atoms with E-state index in [1.54, 1.807) is 24.3 Å². The monoisotopic (exact) mass is 316 g/mol. The number of ether oxygens (including phenoxy) is 1. The lowest BCUT2D eigenvalue weighted by atomic mass is 10.0. The molecular formula is C18H24N2O3. The van der Waals surface area contributed by atoms with E-state index in [1.807, 2.05) is 4.90 Å². The molecule has 2 aliphatic rings. The van der Waals surface area contributed by atoms with Gasteiger partial charge in [-0.2, -0.15) is 0 Å². The molecular weight excluding hydrogens is 292 g/mol. The zero-order valence-electron chi connectivity index (χ0n) is 13.7. The molecule has 1 atom stereocenters. The molecule has 0 radical (unpaired) electrons. The van der Waals surface area contributed by atoms with Crippen molar-refractivity contribution >= 4 is 11.9 Å². The molecule has 1 unspecified atom stereocenters. The predicted octanol–water partition coefficient (Wildman–Crippen LogP) is 2.17. The van der Waals surface area contributed by atoms with Crippen molar-refractivity contribution in [3.63, 3.8) is 0 Å². The third kappa shape index (κ3) is 3.55. The van der Waals surface area contributed by atoms with Gasteiger partial charge >= 0.3 is 5.97 Å². The van der Waals surface area contributed by atoms with E-state index in [4.69, 9.17) is 0 Å². The summed E-state index contributed by atoms with van der Waals surface area (Å²) in [5, 5.41) is 0. The molecule has 124 valence electrons. The number of hydrogen-bond donors (Lipinski definition) is 0. The molecule has 0 saturated carbocycles. The number of amides is 1. The fraction of sp³-hybridized carbons (Fsp3) is 0.556. The number of likely N-dealkylation sites (tertiary alicyclic amines) is 2. The number of nitrogens with zero attached hydrogens (tertiary/aromatic N) is 2. The summed E-state index contributed by atoms with van der Waals surface area (Å²) in [6, 6.07) is 7.24. The maximum absolute atomic E-state index is 12.7. The number of piperidine rings is 1. The highest BCUT2D eigenvalue weighted by atomic mass is 16.5. The lowest BCUT2D eigenvalue weighted by Crippen LogP contribution is -2.48. The maximum Gasteiger partial charge on any atom is 0.337 e. The Morgan fingerprint density at radius 2 is 1.65 bits per heavy atom. The van der Waals surface area contributed by atoms with Crippen molar-refractivity contribution in [1.82, 2.24) is 9.80 Å². The molecule has 1 aromatic carbocycles. The van der Waals surface area contributed by atoms with Crippen molar-refractivity contribution in [3.05, 3.63) is 35.4 Å². The molecule has 5 nitrogen and oxygen atoms in total. The molecule has 2 saturated heterocycles. The fourth-order valence-electron chi connectivity index (χ4n) is 3.59. The van der Waals surface area contributed by atoms with E-state index < -0.39 is 0 Å². The maximum atomic E-state index is 12.7. The molecule has 0 bridgehead atoms. The number of esters is 1. The summed E-state index contributed by atoms with van der Waals surface area (Å²) in [5.74, 6) is -0.318. The average molecular weight is 316 g/mol. The van der Waals surface area contributed by atoms with E-state index in [0.29, 0.717) is 17.2 Å². The molecule has 0 aliphatic carbocycles. The van der Waals surface area contributed by atoms with Gasteiger partial charge in [-0.1, -0.05) is 0 Å². The summed E-state index contributed by atoms with van der Waals surface area (Å²) in [7, 11) is 1.35. The molecule has 2 fully saturated rings. The minimum atomic E-state index is -0.379. The van der Waals surface area contributed by atoms with E-state index in [9.17, 15) is 9.59 Å². The zero-order chi connectivity index (χ0) is 16.2. The zero-order valence-corrected chi connectivity index (χ0v) is 13.7. The fourth-order valence-corrected chi connectivity index (χ4v) is 3.59. The highest BCUT2D eigenvalue weighted by Gasteiger charge is 2.29. The van der Waals surface area contributed by atoms with Crippen LogP contribution in [-0.2, 0) is 4.74 Å². The van der Waals surface area contributed by atoms with Gasteiger partial charge in [0.05, 0.1) is 12.7 Å². The normalized spacial score (nSPS) is 22.1. The van der Waals surface area contributed by atoms with Crippen LogP contribution >= 0.6 is 0 Å². The van der Waals surface area contributed by atoms with Gasteiger partial charge in [0, 0.05) is 24.7 Å². The summed E-state index contributed by atoms with van der Waals surface area (Å²) in [6.45, 7) is 3.97. The Morgan fingerprint density at radius 1 is 1.00 bits per heavy atom. The van der Waals surface area contributed by atoms with Crippen molar-refractivity contribution < 1.29 is 14.3 Å². The first-order valence-electron chi connectivity index (χ1n) is 8.41. The van der Waals surface area contributed by atoms with Crippen LogP contribution in [0.3, 0.4) is 0 Å². The van der Waals surface area contributed by atoms with Gasteiger partial charge in [-0.05, 0) is 63.0 Å². The summed E-state index contributed by atoms with van der Waals surface area (Å²) < 4.78 is 4.68. The van der Waals surface area contributed by atoms with Gasteiger partial charge in [0.1, 0.15) is 0 Å². The molecule has 2 heterocycles. The molecule has 5 heteroatoms. The Bertz CT molecular complexity index is 564. The third-order valence-corrected chi connectivity index (χ3v) is 4.89. The Labute approximate surface area is 137 Å². The number of hydrogen-bond acceptors (Lipinski definition) is 4. The Kier molecular flexibility index (Phi) is 4.96. The minimum absolute atomic E-state index is 0.0605. The van der Waals surface area contributed by atoms with Crippen molar-refractivity contribution in [1.29, 1.82) is 0 Å². The highest BCUT2D eigenvalue weighted by molar-refractivity contribution is 5.96. The number of carbonyl (C=O) groups excluding carboxylic acids is 2. The van der Waals surface area contributed by atoms with Crippen LogP contribution in [0.5, 0.6) is 0 Å². The number of rotatable bonds is 3. The predicted molar refractivity (Wildman–Crippen MR) is 87.5 cm³/mol. The van der Waals surface area contributed by atoms with Gasteiger partial charge in [-0.3, -0.25) is 9.69 Å². The molecule has 1 amide bonds. The second-order valence-electron chi connectivity index (χ2n) is 6.36. The van der Waals surface area contributed by atoms with E-state index >= 15 is 0 Å². The summed E-state index contributed by atoms with van der Waals surface area (Å²) >= 11 is 0. The molecule has 23 heavy (non-hydrogen) atoms. The van der Waals surface area contributed by atoms with E-state index in [1.165, 1.54) is 39.5 Å². The summed E-state index contributed by atoms with van der Waals surface area (Å²) in [5.41, 5.74) is 1.11. The van der Waals surface area contributed by atoms with Gasteiger partial charge in [0.15, 0.2) is 0 Å². The number of methoxy groups -OCH3 is 1. The Hall–Kier alpha value is -1.88. The minimum Gasteiger partial charge on any atom is -0.465 e. The first-order valence-corrected chi connectivity index (χ1v) is 8.41. The Balaban J connectivity index is 1.65. The quantitative estimate of drug-likeness (QED) is 0.802. The van der Waals surface area contributed by atoms with Crippen LogP contribution in [0.2, 0.25) is 0 Å². The average Bonchev–Trinajstić information content (AvgIpc) is 3.15. The summed E-state index contributed by atoms with van der Waals surface area (Å²) in [6.07, 6.45) is 4.80. The van der Waals surface area contributed by atoms with Crippen LogP contribution in [0.15, 0.2) is 24.3 Å². The standard InChI is InChI=1S/C18H24N2O3/c1-23-18(22)15-8-6-14(7-9-15)17(21)20-12-4-5-16(13-20)19-10-2-3-11-19/h6-9,16H,2-5,10-13H2,1H3. The van der Waals surface area contributed by atoms with Crippen LogP contribution < -0.4 is 0 Å². The SMILES string of the molecule is COC(=O)c1ccc(C(=O)N2CCCC(N3CCCC3)C2)cc1. The third-order valence-electron chi connectivity index (χ3n) is 4.89.